The molecule has 0 aromatic rings. The quantitative estimate of drug-likeness (QED) is 0.199. The van der Waals surface area contributed by atoms with Crippen molar-refractivity contribution in [3.8, 4) is 0 Å². The summed E-state index contributed by atoms with van der Waals surface area (Å²) >= 11 is 0. The number of aliphatic imine (C=N–C) groups is 1. The highest BCUT2D eigenvalue weighted by Crippen LogP contribution is 1.94. The van der Waals surface area contributed by atoms with Gasteiger partial charge in [0.25, 0.3) is 0 Å². The van der Waals surface area contributed by atoms with Crippen LogP contribution < -0.4 is 17.2 Å². The lowest BCUT2D eigenvalue weighted by molar-refractivity contribution is -0.138. The molecular formula is C6H15ClN4O2. The maximum Gasteiger partial charge on any atom is 0.320 e. The molecule has 7 heteroatoms. The molecule has 0 aromatic carbocycles. The molecule has 0 heterocycles. The largest absolute Gasteiger partial charge is 0.480 e. The van der Waals surface area contributed by atoms with Crippen molar-refractivity contribution in [2.45, 2.75) is 18.9 Å². The molecule has 0 aliphatic rings. The van der Waals surface area contributed by atoms with Crippen LogP contribution in [0.2, 0.25) is 0 Å². The van der Waals surface area contributed by atoms with Gasteiger partial charge in [0.15, 0.2) is 5.96 Å². The molecule has 0 aliphatic heterocycles. The molecule has 0 aliphatic carbocycles. The minimum atomic E-state index is -1.00. The zero-order chi connectivity index (χ0) is 9.56. The fourth-order valence-corrected chi connectivity index (χ4v) is 0.643. The lowest BCUT2D eigenvalue weighted by Gasteiger charge is -2.03. The van der Waals surface area contributed by atoms with E-state index in [0.29, 0.717) is 19.4 Å². The van der Waals surface area contributed by atoms with Crippen LogP contribution in [0.1, 0.15) is 12.8 Å². The van der Waals surface area contributed by atoms with Crippen molar-refractivity contribution in [3.63, 3.8) is 0 Å². The third-order valence-electron chi connectivity index (χ3n) is 1.28. The molecule has 7 N–H and O–H groups in total. The molecule has 0 saturated heterocycles. The molecule has 1 atom stereocenters. The summed E-state index contributed by atoms with van der Waals surface area (Å²) in [4.78, 5) is 13.9. The topological polar surface area (TPSA) is 128 Å². The maximum atomic E-state index is 10.2. The van der Waals surface area contributed by atoms with Gasteiger partial charge in [-0.2, -0.15) is 0 Å². The molecule has 0 saturated carbocycles. The van der Waals surface area contributed by atoms with Crippen LogP contribution in [0.4, 0.5) is 0 Å². The number of nitrogens with two attached hydrogens (primary N) is 3. The van der Waals surface area contributed by atoms with Crippen LogP contribution in [-0.4, -0.2) is 29.6 Å². The van der Waals surface area contributed by atoms with E-state index in [1.807, 2.05) is 0 Å². The smallest absolute Gasteiger partial charge is 0.320 e. The Morgan fingerprint density at radius 1 is 1.46 bits per heavy atom. The molecule has 0 unspecified atom stereocenters. The standard InChI is InChI=1S/C6H14N4O2.ClH/c7-4(5(11)12)2-1-3-10-6(8)9;/h4H,1-3,7H2,(H,11,12)(H4,8,9,10);1H/t4-;/m0./s1/i4+1,5+1;. The SMILES string of the molecule is Cl.NC(N)=NCCC[13C@H](N)[13C](=O)O. The highest BCUT2D eigenvalue weighted by molar-refractivity contribution is 5.85. The summed E-state index contributed by atoms with van der Waals surface area (Å²) < 4.78 is 0. The number of carboxylic acids is 1. The monoisotopic (exact) mass is 212 g/mol. The van der Waals surface area contributed by atoms with Crippen molar-refractivity contribution in [2.75, 3.05) is 6.54 Å². The fraction of sp³-hybridized carbons (Fsp3) is 0.667. The molecule has 0 aromatic heterocycles. The lowest BCUT2D eigenvalue weighted by atomic mass is 10.4. The van der Waals surface area contributed by atoms with Crippen molar-refractivity contribution >= 4 is 24.3 Å². The molecule has 0 amide bonds. The van der Waals surface area contributed by atoms with Gasteiger partial charge >= 0.3 is 5.97 Å². The summed E-state index contributed by atoms with van der Waals surface area (Å²) in [5, 5.41) is 8.38. The summed E-state index contributed by atoms with van der Waals surface area (Å²) in [5.74, 6) is -0.987. The zero-order valence-corrected chi connectivity index (χ0v) is 7.96. The van der Waals surface area contributed by atoms with E-state index in [0.717, 1.165) is 0 Å². The number of aliphatic carboxylic acids is 1. The van der Waals surface area contributed by atoms with Gasteiger partial charge in [-0.15, -0.1) is 12.4 Å². The first-order valence-electron chi connectivity index (χ1n) is 3.58. The van der Waals surface area contributed by atoms with Crippen LogP contribution in [0, 0.1) is 0 Å². The van der Waals surface area contributed by atoms with E-state index in [1.165, 1.54) is 0 Å². The van der Waals surface area contributed by atoms with Gasteiger partial charge in [0.2, 0.25) is 0 Å². The first kappa shape index (κ1) is 14.5. The number of hydrogen-bond donors (Lipinski definition) is 4. The molecule has 0 radical (unpaired) electrons. The summed E-state index contributed by atoms with van der Waals surface area (Å²) in [6.45, 7) is 0.420. The molecule has 13 heavy (non-hydrogen) atoms. The molecular weight excluding hydrogens is 198 g/mol. The Bertz CT molecular complexity index is 181. The second-order valence-electron chi connectivity index (χ2n) is 2.39. The number of nitrogens with zero attached hydrogens (tertiary/aromatic N) is 1. The molecule has 0 fully saturated rings. The Labute approximate surface area is 82.6 Å². The van der Waals surface area contributed by atoms with E-state index in [1.54, 1.807) is 0 Å². The van der Waals surface area contributed by atoms with Gasteiger partial charge in [-0.25, -0.2) is 0 Å². The first-order valence-corrected chi connectivity index (χ1v) is 3.58. The summed E-state index contributed by atoms with van der Waals surface area (Å²) in [6.07, 6.45) is 0.956. The van der Waals surface area contributed by atoms with Crippen LogP contribution in [0.15, 0.2) is 4.99 Å². The maximum absolute atomic E-state index is 10.2. The van der Waals surface area contributed by atoms with E-state index >= 15 is 0 Å². The number of carboxylic acid groups (broad SMARTS) is 1. The second-order valence-corrected chi connectivity index (χ2v) is 2.39. The van der Waals surface area contributed by atoms with Crippen molar-refractivity contribution in [1.29, 1.82) is 0 Å². The lowest BCUT2D eigenvalue weighted by Crippen LogP contribution is -2.30. The van der Waals surface area contributed by atoms with Gasteiger partial charge in [0.05, 0.1) is 0 Å². The van der Waals surface area contributed by atoms with Crippen molar-refractivity contribution in [2.24, 2.45) is 22.2 Å². The van der Waals surface area contributed by atoms with Crippen LogP contribution in [0.25, 0.3) is 0 Å². The summed E-state index contributed by atoms with van der Waals surface area (Å²) in [7, 11) is 0. The van der Waals surface area contributed by atoms with Gasteiger partial charge in [-0.3, -0.25) is 9.79 Å². The van der Waals surface area contributed by atoms with Gasteiger partial charge in [0, 0.05) is 6.54 Å². The van der Waals surface area contributed by atoms with Crippen LogP contribution >= 0.6 is 12.4 Å². The summed E-state index contributed by atoms with van der Waals surface area (Å²) in [6, 6.07) is -0.820. The number of hydrogen-bond acceptors (Lipinski definition) is 3. The van der Waals surface area contributed by atoms with Crippen LogP contribution in [0.3, 0.4) is 0 Å². The fourth-order valence-electron chi connectivity index (χ4n) is 0.643. The third-order valence-corrected chi connectivity index (χ3v) is 1.28. The molecule has 0 rings (SSSR count). The average molecular weight is 213 g/mol. The first-order chi connectivity index (χ1) is 5.54. The molecule has 6 nitrogen and oxygen atoms in total. The Balaban J connectivity index is 0. The highest BCUT2D eigenvalue weighted by Gasteiger charge is 2.09. The Morgan fingerprint density at radius 3 is 2.38 bits per heavy atom. The predicted octanol–water partition coefficient (Wildman–Crippen LogP) is -1.13. The predicted molar refractivity (Wildman–Crippen MR) is 52.8 cm³/mol. The van der Waals surface area contributed by atoms with Gasteiger partial charge in [-0.05, 0) is 12.8 Å². The van der Waals surface area contributed by atoms with E-state index in [9.17, 15) is 4.79 Å². The van der Waals surface area contributed by atoms with Crippen LogP contribution in [-0.2, 0) is 4.79 Å². The van der Waals surface area contributed by atoms with E-state index < -0.39 is 12.0 Å². The zero-order valence-electron chi connectivity index (χ0n) is 7.14. The van der Waals surface area contributed by atoms with Crippen molar-refractivity contribution < 1.29 is 9.90 Å². The van der Waals surface area contributed by atoms with E-state index in [2.05, 4.69) is 4.99 Å². The van der Waals surface area contributed by atoms with Crippen LogP contribution in [0.5, 0.6) is 0 Å². The minimum Gasteiger partial charge on any atom is -0.480 e. The highest BCUT2D eigenvalue weighted by atomic mass is 35.5. The van der Waals surface area contributed by atoms with E-state index in [-0.39, 0.29) is 18.4 Å². The second kappa shape index (κ2) is 7.63. The van der Waals surface area contributed by atoms with Crippen molar-refractivity contribution in [3.05, 3.63) is 0 Å². The number of guanidine groups is 1. The Kier molecular flexibility index (Phi) is 8.52. The Morgan fingerprint density at radius 2 is 2.00 bits per heavy atom. The molecule has 0 spiro atoms. The molecule has 0 bridgehead atoms. The van der Waals surface area contributed by atoms with Crippen molar-refractivity contribution in [1.82, 2.24) is 0 Å². The van der Waals surface area contributed by atoms with Gasteiger partial charge in [0.1, 0.15) is 6.04 Å². The normalized spacial score (nSPS) is 11.2. The van der Waals surface area contributed by atoms with E-state index in [4.69, 9.17) is 22.3 Å². The Hall–Kier alpha value is -1.01. The summed E-state index contributed by atoms with van der Waals surface area (Å²) in [5.41, 5.74) is 15.3. The minimum absolute atomic E-state index is 0. The third kappa shape index (κ3) is 8.90. The van der Waals surface area contributed by atoms with Gasteiger partial charge < -0.3 is 22.3 Å². The number of rotatable bonds is 5. The average Bonchev–Trinajstić information content (AvgIpc) is 1.97. The number of carbonyl (C=O) groups is 1. The van der Waals surface area contributed by atoms with Gasteiger partial charge in [-0.1, -0.05) is 0 Å². The molecule has 78 valence electrons. The number of halogens is 1.